The molecule has 0 saturated carbocycles. The van der Waals surface area contributed by atoms with Gasteiger partial charge in [0.05, 0.1) is 11.3 Å². The van der Waals surface area contributed by atoms with Crippen molar-refractivity contribution in [2.24, 2.45) is 0 Å². The molecular formula is C14H12FNO7. The number of hydrogen-bond donors (Lipinski definition) is 3. The smallest absolute Gasteiger partial charge is 0.350 e. The summed E-state index contributed by atoms with van der Waals surface area (Å²) in [6.45, 7) is 2.73. The Bertz CT molecular complexity index is 717. The van der Waals surface area contributed by atoms with Crippen LogP contribution in [0.25, 0.3) is 0 Å². The minimum atomic E-state index is -1.42. The van der Waals surface area contributed by atoms with E-state index in [-0.39, 0.29) is 5.69 Å². The lowest BCUT2D eigenvalue weighted by molar-refractivity contribution is -0.222. The number of halogens is 1. The van der Waals surface area contributed by atoms with Crippen LogP contribution in [0.15, 0.2) is 23.9 Å². The van der Waals surface area contributed by atoms with E-state index in [1.54, 1.807) is 0 Å². The number of ether oxygens (including phenoxy) is 2. The summed E-state index contributed by atoms with van der Waals surface area (Å²) in [5.41, 5.74) is -1.30. The lowest BCUT2D eigenvalue weighted by atomic mass is 10.1. The van der Waals surface area contributed by atoms with Crippen LogP contribution in [0.1, 0.15) is 24.2 Å². The first-order valence-electron chi connectivity index (χ1n) is 6.30. The second-order valence-electron chi connectivity index (χ2n) is 5.04. The Morgan fingerprint density at radius 3 is 2.35 bits per heavy atom. The number of benzene rings is 1. The van der Waals surface area contributed by atoms with Crippen molar-refractivity contribution in [2.45, 2.75) is 19.6 Å². The number of carbonyl (C=O) groups is 3. The first-order valence-corrected chi connectivity index (χ1v) is 6.30. The SMILES string of the molecule is CC1(C)OC(=O)C(=CNc2cc(C(=O)O)cc(F)c2O)C(=O)O1. The van der Waals surface area contributed by atoms with Crippen molar-refractivity contribution in [1.82, 2.24) is 0 Å². The zero-order valence-electron chi connectivity index (χ0n) is 12.0. The van der Waals surface area contributed by atoms with Crippen molar-refractivity contribution in [3.05, 3.63) is 35.3 Å². The number of aromatic carboxylic acids is 1. The summed E-state index contributed by atoms with van der Waals surface area (Å²) in [6, 6.07) is 1.56. The van der Waals surface area contributed by atoms with Gasteiger partial charge >= 0.3 is 17.9 Å². The maximum atomic E-state index is 13.5. The fourth-order valence-electron chi connectivity index (χ4n) is 1.76. The number of carboxylic acids is 1. The van der Waals surface area contributed by atoms with Gasteiger partial charge in [0.1, 0.15) is 0 Å². The van der Waals surface area contributed by atoms with Gasteiger partial charge in [-0.2, -0.15) is 0 Å². The molecule has 1 aliphatic rings. The molecule has 0 bridgehead atoms. The van der Waals surface area contributed by atoms with E-state index < -0.39 is 46.4 Å². The summed E-state index contributed by atoms with van der Waals surface area (Å²) in [4.78, 5) is 34.3. The van der Waals surface area contributed by atoms with Crippen molar-refractivity contribution < 1.29 is 38.5 Å². The number of carboxylic acid groups (broad SMARTS) is 1. The number of rotatable bonds is 3. The van der Waals surface area contributed by atoms with Crippen LogP contribution in [-0.4, -0.2) is 33.9 Å². The first kappa shape index (κ1) is 16.3. The summed E-state index contributed by atoms with van der Waals surface area (Å²) >= 11 is 0. The highest BCUT2D eigenvalue weighted by atomic mass is 19.1. The van der Waals surface area contributed by atoms with E-state index in [0.717, 1.165) is 12.3 Å². The summed E-state index contributed by atoms with van der Waals surface area (Å²) < 4.78 is 23.1. The largest absolute Gasteiger partial charge is 0.503 e. The fourth-order valence-corrected chi connectivity index (χ4v) is 1.76. The molecule has 0 spiro atoms. The Hall–Kier alpha value is -3.10. The molecule has 1 fully saturated rings. The maximum Gasteiger partial charge on any atom is 0.350 e. The molecule has 0 aliphatic carbocycles. The molecule has 9 heteroatoms. The van der Waals surface area contributed by atoms with Gasteiger partial charge in [-0.1, -0.05) is 0 Å². The molecule has 1 heterocycles. The van der Waals surface area contributed by atoms with Gasteiger partial charge < -0.3 is 25.0 Å². The summed E-state index contributed by atoms with van der Waals surface area (Å²) in [5, 5.41) is 20.7. The standard InChI is InChI=1S/C14H12FNO7/c1-14(2)22-12(20)7(13(21)23-14)5-16-9-4-6(11(18)19)3-8(15)10(9)17/h3-5,16-17H,1-2H3,(H,18,19). The van der Waals surface area contributed by atoms with E-state index in [1.807, 2.05) is 0 Å². The third kappa shape index (κ3) is 3.39. The molecule has 0 radical (unpaired) electrons. The number of nitrogens with one attached hydrogen (secondary N) is 1. The van der Waals surface area contributed by atoms with Crippen molar-refractivity contribution in [3.63, 3.8) is 0 Å². The van der Waals surface area contributed by atoms with E-state index in [4.69, 9.17) is 14.6 Å². The minimum Gasteiger partial charge on any atom is -0.503 e. The lowest BCUT2D eigenvalue weighted by Gasteiger charge is -2.29. The molecule has 23 heavy (non-hydrogen) atoms. The second-order valence-corrected chi connectivity index (χ2v) is 5.04. The van der Waals surface area contributed by atoms with Crippen LogP contribution >= 0.6 is 0 Å². The lowest BCUT2D eigenvalue weighted by Crippen LogP contribution is -2.42. The van der Waals surface area contributed by atoms with Crippen LogP contribution in [-0.2, 0) is 19.1 Å². The van der Waals surface area contributed by atoms with Crippen LogP contribution in [0.2, 0.25) is 0 Å². The Labute approximate surface area is 129 Å². The Balaban J connectivity index is 2.31. The molecule has 1 aliphatic heterocycles. The number of phenolic OH excluding ortho intramolecular Hbond substituents is 1. The molecule has 1 saturated heterocycles. The monoisotopic (exact) mass is 325 g/mol. The molecule has 0 unspecified atom stereocenters. The molecule has 0 amide bonds. The van der Waals surface area contributed by atoms with Gasteiger partial charge in [-0.25, -0.2) is 18.8 Å². The highest BCUT2D eigenvalue weighted by molar-refractivity contribution is 6.15. The van der Waals surface area contributed by atoms with Crippen molar-refractivity contribution in [2.75, 3.05) is 5.32 Å². The molecule has 122 valence electrons. The number of aromatic hydroxyl groups is 1. The quantitative estimate of drug-likeness (QED) is 0.329. The Morgan fingerprint density at radius 1 is 1.26 bits per heavy atom. The van der Waals surface area contributed by atoms with E-state index in [0.29, 0.717) is 6.07 Å². The van der Waals surface area contributed by atoms with Gasteiger partial charge in [-0.3, -0.25) is 0 Å². The van der Waals surface area contributed by atoms with Crippen molar-refractivity contribution in [1.29, 1.82) is 0 Å². The van der Waals surface area contributed by atoms with E-state index in [1.165, 1.54) is 13.8 Å². The minimum absolute atomic E-state index is 0.347. The maximum absolute atomic E-state index is 13.5. The van der Waals surface area contributed by atoms with Gasteiger partial charge in [-0.05, 0) is 12.1 Å². The van der Waals surface area contributed by atoms with Crippen LogP contribution < -0.4 is 5.32 Å². The molecule has 3 N–H and O–H groups in total. The normalized spacial score (nSPS) is 16.4. The highest BCUT2D eigenvalue weighted by Gasteiger charge is 2.39. The molecule has 1 aromatic carbocycles. The van der Waals surface area contributed by atoms with Gasteiger partial charge in [0.15, 0.2) is 17.1 Å². The van der Waals surface area contributed by atoms with Crippen molar-refractivity contribution >= 4 is 23.6 Å². The second kappa shape index (κ2) is 5.59. The van der Waals surface area contributed by atoms with Gasteiger partial charge in [0.2, 0.25) is 0 Å². The Kier molecular flexibility index (Phi) is 3.96. The van der Waals surface area contributed by atoms with Crippen LogP contribution in [0.5, 0.6) is 5.75 Å². The van der Waals surface area contributed by atoms with Gasteiger partial charge in [-0.15, -0.1) is 0 Å². The number of esters is 2. The van der Waals surface area contributed by atoms with Crippen LogP contribution in [0.3, 0.4) is 0 Å². The highest BCUT2D eigenvalue weighted by Crippen LogP contribution is 2.29. The predicted octanol–water partition coefficient (Wildman–Crippen LogP) is 1.36. The predicted molar refractivity (Wildman–Crippen MR) is 73.0 cm³/mol. The zero-order valence-corrected chi connectivity index (χ0v) is 12.0. The molecule has 8 nitrogen and oxygen atoms in total. The summed E-state index contributed by atoms with van der Waals surface area (Å²) in [6.07, 6.45) is 0.833. The number of anilines is 1. The van der Waals surface area contributed by atoms with Crippen LogP contribution in [0.4, 0.5) is 10.1 Å². The summed E-state index contributed by atoms with van der Waals surface area (Å²) in [5.74, 6) is -6.84. The molecule has 2 rings (SSSR count). The third-order valence-corrected chi connectivity index (χ3v) is 2.80. The average molecular weight is 325 g/mol. The number of phenols is 1. The molecule has 0 aromatic heterocycles. The van der Waals surface area contributed by atoms with E-state index >= 15 is 0 Å². The first-order chi connectivity index (χ1) is 10.6. The zero-order chi connectivity index (χ0) is 17.4. The third-order valence-electron chi connectivity index (χ3n) is 2.80. The topological polar surface area (TPSA) is 122 Å². The molecular weight excluding hydrogens is 313 g/mol. The van der Waals surface area contributed by atoms with E-state index in [9.17, 15) is 23.9 Å². The fraction of sp³-hybridized carbons (Fsp3) is 0.214. The molecule has 1 aromatic rings. The average Bonchev–Trinajstić information content (AvgIpc) is 2.40. The van der Waals surface area contributed by atoms with Gasteiger partial charge in [0, 0.05) is 20.0 Å². The molecule has 0 atom stereocenters. The summed E-state index contributed by atoms with van der Waals surface area (Å²) in [7, 11) is 0. The number of cyclic esters (lactones) is 2. The van der Waals surface area contributed by atoms with E-state index in [2.05, 4.69) is 5.32 Å². The van der Waals surface area contributed by atoms with Crippen molar-refractivity contribution in [3.8, 4) is 5.75 Å². The van der Waals surface area contributed by atoms with Gasteiger partial charge in [0.25, 0.3) is 5.79 Å². The van der Waals surface area contributed by atoms with Crippen LogP contribution in [0, 0.1) is 5.82 Å². The number of carbonyl (C=O) groups excluding carboxylic acids is 2. The number of hydrogen-bond acceptors (Lipinski definition) is 7. The Morgan fingerprint density at radius 2 is 1.83 bits per heavy atom.